The highest BCUT2D eigenvalue weighted by molar-refractivity contribution is 4.63. The van der Waals surface area contributed by atoms with Crippen LogP contribution in [0, 0.1) is 0 Å². The summed E-state index contributed by atoms with van der Waals surface area (Å²) >= 11 is 0. The molecule has 2 atom stereocenters. The zero-order chi connectivity index (χ0) is 11.6. The van der Waals surface area contributed by atoms with Crippen molar-refractivity contribution >= 4 is 0 Å². The molecule has 0 radical (unpaired) electrons. The van der Waals surface area contributed by atoms with E-state index < -0.39 is 0 Å². The number of methoxy groups -OCH3 is 1. The maximum absolute atomic E-state index is 5.68. The van der Waals surface area contributed by atoms with E-state index in [4.69, 9.17) is 14.2 Å². The molecule has 4 nitrogen and oxygen atoms in total. The average Bonchev–Trinajstić information content (AvgIpc) is 2.79. The van der Waals surface area contributed by atoms with E-state index in [9.17, 15) is 0 Å². The first-order chi connectivity index (χ1) is 7.83. The third-order valence-electron chi connectivity index (χ3n) is 2.81. The molecule has 16 heavy (non-hydrogen) atoms. The molecule has 1 heterocycles. The van der Waals surface area contributed by atoms with Crippen molar-refractivity contribution in [3.63, 3.8) is 0 Å². The van der Waals surface area contributed by atoms with Gasteiger partial charge < -0.3 is 19.5 Å². The van der Waals surface area contributed by atoms with Gasteiger partial charge in [0.15, 0.2) is 0 Å². The largest absolute Gasteiger partial charge is 0.385 e. The van der Waals surface area contributed by atoms with Gasteiger partial charge in [0.25, 0.3) is 0 Å². The molecule has 0 bridgehead atoms. The fraction of sp³-hybridized carbons (Fsp3) is 1.00. The lowest BCUT2D eigenvalue weighted by Crippen LogP contribution is -2.29. The van der Waals surface area contributed by atoms with Crippen molar-refractivity contribution in [2.24, 2.45) is 0 Å². The van der Waals surface area contributed by atoms with Crippen LogP contribution < -0.4 is 5.32 Å². The first kappa shape index (κ1) is 13.9. The molecular weight excluding hydrogens is 206 g/mol. The second kappa shape index (κ2) is 8.93. The van der Waals surface area contributed by atoms with Crippen molar-refractivity contribution in [1.82, 2.24) is 5.32 Å². The van der Waals surface area contributed by atoms with Gasteiger partial charge in [-0.15, -0.1) is 0 Å². The van der Waals surface area contributed by atoms with Crippen LogP contribution in [0.4, 0.5) is 0 Å². The van der Waals surface area contributed by atoms with Crippen LogP contribution in [0.25, 0.3) is 0 Å². The van der Waals surface area contributed by atoms with Crippen molar-refractivity contribution in [1.29, 1.82) is 0 Å². The molecule has 2 unspecified atom stereocenters. The van der Waals surface area contributed by atoms with Gasteiger partial charge in [0.05, 0.1) is 12.7 Å². The highest BCUT2D eigenvalue weighted by Crippen LogP contribution is 2.07. The molecule has 1 aliphatic heterocycles. The Morgan fingerprint density at radius 2 is 2.31 bits per heavy atom. The van der Waals surface area contributed by atoms with Crippen molar-refractivity contribution in [3.8, 4) is 0 Å². The van der Waals surface area contributed by atoms with Crippen LogP contribution in [0.3, 0.4) is 0 Å². The Morgan fingerprint density at radius 3 is 3.00 bits per heavy atom. The summed E-state index contributed by atoms with van der Waals surface area (Å²) in [6, 6.07) is 0.523. The van der Waals surface area contributed by atoms with Crippen molar-refractivity contribution in [2.75, 3.05) is 40.1 Å². The molecule has 0 aromatic rings. The van der Waals surface area contributed by atoms with E-state index in [0.717, 1.165) is 52.2 Å². The van der Waals surface area contributed by atoms with E-state index in [-0.39, 0.29) is 0 Å². The van der Waals surface area contributed by atoms with Gasteiger partial charge in [-0.25, -0.2) is 0 Å². The van der Waals surface area contributed by atoms with E-state index in [1.54, 1.807) is 7.11 Å². The van der Waals surface area contributed by atoms with Crippen molar-refractivity contribution in [2.45, 2.75) is 38.3 Å². The van der Waals surface area contributed by atoms with Gasteiger partial charge in [-0.1, -0.05) is 0 Å². The maximum atomic E-state index is 5.68. The molecule has 1 rings (SSSR count). The van der Waals surface area contributed by atoms with Gasteiger partial charge in [-0.2, -0.15) is 0 Å². The summed E-state index contributed by atoms with van der Waals surface area (Å²) in [5.41, 5.74) is 0. The first-order valence-corrected chi connectivity index (χ1v) is 6.24. The third kappa shape index (κ3) is 6.43. The molecule has 0 spiro atoms. The monoisotopic (exact) mass is 231 g/mol. The van der Waals surface area contributed by atoms with E-state index in [2.05, 4.69) is 12.2 Å². The molecule has 0 amide bonds. The molecule has 1 N–H and O–H groups in total. The maximum Gasteiger partial charge on any atom is 0.0830 e. The van der Waals surface area contributed by atoms with Gasteiger partial charge >= 0.3 is 0 Å². The lowest BCUT2D eigenvalue weighted by molar-refractivity contribution is 0.0413. The molecule has 96 valence electrons. The highest BCUT2D eigenvalue weighted by Gasteiger charge is 2.15. The van der Waals surface area contributed by atoms with Crippen LogP contribution in [0.2, 0.25) is 0 Å². The van der Waals surface area contributed by atoms with Crippen molar-refractivity contribution < 1.29 is 14.2 Å². The first-order valence-electron chi connectivity index (χ1n) is 6.24. The summed E-state index contributed by atoms with van der Waals surface area (Å²) in [6.07, 6.45) is 3.52. The average molecular weight is 231 g/mol. The van der Waals surface area contributed by atoms with E-state index in [0.29, 0.717) is 12.1 Å². The summed E-state index contributed by atoms with van der Waals surface area (Å²) in [5.74, 6) is 0. The van der Waals surface area contributed by atoms with E-state index >= 15 is 0 Å². The zero-order valence-corrected chi connectivity index (χ0v) is 10.5. The summed E-state index contributed by atoms with van der Waals surface area (Å²) in [5, 5.41) is 3.45. The normalized spacial score (nSPS) is 22.5. The summed E-state index contributed by atoms with van der Waals surface area (Å²) < 4.78 is 15.9. The van der Waals surface area contributed by atoms with Gasteiger partial charge in [-0.05, 0) is 32.7 Å². The lowest BCUT2D eigenvalue weighted by Gasteiger charge is -2.14. The van der Waals surface area contributed by atoms with Crippen LogP contribution in [0.15, 0.2) is 0 Å². The Bertz CT molecular complexity index is 160. The molecule has 1 fully saturated rings. The molecule has 1 saturated heterocycles. The van der Waals surface area contributed by atoms with Gasteiger partial charge in [0.1, 0.15) is 0 Å². The van der Waals surface area contributed by atoms with Crippen LogP contribution >= 0.6 is 0 Å². The van der Waals surface area contributed by atoms with Gasteiger partial charge in [-0.3, -0.25) is 0 Å². The smallest absolute Gasteiger partial charge is 0.0830 e. The molecule has 1 aliphatic rings. The minimum absolute atomic E-state index is 0.339. The Balaban J connectivity index is 1.83. The standard InChI is InChI=1S/C12H25NO3/c1-11(4-8-14-2)13-6-3-7-16-12-5-9-15-10-12/h11-13H,3-10H2,1-2H3. The molecule has 0 aromatic heterocycles. The molecular formula is C12H25NO3. The van der Waals surface area contributed by atoms with Crippen molar-refractivity contribution in [3.05, 3.63) is 0 Å². The fourth-order valence-corrected chi connectivity index (χ4v) is 1.71. The minimum Gasteiger partial charge on any atom is -0.385 e. The molecule has 0 aliphatic carbocycles. The molecule has 0 aromatic carbocycles. The lowest BCUT2D eigenvalue weighted by atomic mass is 10.2. The molecule has 0 saturated carbocycles. The Morgan fingerprint density at radius 1 is 1.44 bits per heavy atom. The van der Waals surface area contributed by atoms with Crippen LogP contribution in [-0.4, -0.2) is 52.2 Å². The van der Waals surface area contributed by atoms with Gasteiger partial charge in [0.2, 0.25) is 0 Å². The summed E-state index contributed by atoms with van der Waals surface area (Å²) in [6.45, 7) is 6.49. The second-order valence-electron chi connectivity index (χ2n) is 4.35. The van der Waals surface area contributed by atoms with E-state index in [1.165, 1.54) is 0 Å². The number of ether oxygens (including phenoxy) is 3. The third-order valence-corrected chi connectivity index (χ3v) is 2.81. The number of hydrogen-bond donors (Lipinski definition) is 1. The number of hydrogen-bond acceptors (Lipinski definition) is 4. The molecule has 4 heteroatoms. The SMILES string of the molecule is COCCC(C)NCCCOC1CCOC1. The highest BCUT2D eigenvalue weighted by atomic mass is 16.5. The van der Waals surface area contributed by atoms with Crippen LogP contribution in [0.1, 0.15) is 26.2 Å². The summed E-state index contributed by atoms with van der Waals surface area (Å²) in [4.78, 5) is 0. The van der Waals surface area contributed by atoms with Crippen LogP contribution in [-0.2, 0) is 14.2 Å². The predicted octanol–water partition coefficient (Wildman–Crippen LogP) is 1.20. The van der Waals surface area contributed by atoms with Gasteiger partial charge in [0, 0.05) is 33.0 Å². The fourth-order valence-electron chi connectivity index (χ4n) is 1.71. The quantitative estimate of drug-likeness (QED) is 0.605. The second-order valence-corrected chi connectivity index (χ2v) is 4.35. The summed E-state index contributed by atoms with van der Waals surface area (Å²) in [7, 11) is 1.74. The predicted molar refractivity (Wildman–Crippen MR) is 63.8 cm³/mol. The van der Waals surface area contributed by atoms with Crippen LogP contribution in [0.5, 0.6) is 0 Å². The Hall–Kier alpha value is -0.160. The zero-order valence-electron chi connectivity index (χ0n) is 10.5. The topological polar surface area (TPSA) is 39.7 Å². The number of rotatable bonds is 9. The Labute approximate surface area is 98.6 Å². The minimum atomic E-state index is 0.339. The van der Waals surface area contributed by atoms with E-state index in [1.807, 2.05) is 0 Å². The Kier molecular flexibility index (Phi) is 7.76. The number of nitrogens with one attached hydrogen (secondary N) is 1.